The molecule has 30 heavy (non-hydrogen) atoms. The smallest absolute Gasteiger partial charge is 0.150 e. The van der Waals surface area contributed by atoms with Gasteiger partial charge in [-0.05, 0) is 61.2 Å². The van der Waals surface area contributed by atoms with Gasteiger partial charge >= 0.3 is 0 Å². The van der Waals surface area contributed by atoms with Crippen LogP contribution in [0, 0.1) is 0 Å². The van der Waals surface area contributed by atoms with Gasteiger partial charge in [0.05, 0.1) is 20.8 Å². The summed E-state index contributed by atoms with van der Waals surface area (Å²) in [4.78, 5) is 0. The molecule has 2 aromatic carbocycles. The molecule has 1 aliphatic heterocycles. The van der Waals surface area contributed by atoms with Crippen molar-refractivity contribution in [3.8, 4) is 22.6 Å². The van der Waals surface area contributed by atoms with Crippen LogP contribution in [0.1, 0.15) is 24.2 Å². The van der Waals surface area contributed by atoms with Gasteiger partial charge in [-0.2, -0.15) is 5.10 Å². The molecule has 1 N–H and O–H groups in total. The van der Waals surface area contributed by atoms with Crippen molar-refractivity contribution >= 4 is 11.3 Å². The maximum atomic E-state index is 5.31. The Morgan fingerprint density at radius 3 is 2.33 bits per heavy atom. The van der Waals surface area contributed by atoms with Crippen molar-refractivity contribution in [1.82, 2.24) is 14.2 Å². The lowest BCUT2D eigenvalue weighted by Crippen LogP contribution is -2.09. The van der Waals surface area contributed by atoms with Gasteiger partial charge in [-0.15, -0.1) is 0 Å². The average molecular weight is 402 g/mol. The number of nitrogens with zero attached hydrogens (tertiary/aromatic N) is 3. The highest BCUT2D eigenvalue weighted by atomic mass is 16.5. The van der Waals surface area contributed by atoms with Crippen LogP contribution in [0.4, 0.5) is 5.69 Å². The van der Waals surface area contributed by atoms with Crippen molar-refractivity contribution in [2.45, 2.75) is 32.4 Å². The standard InChI is InChI=1S/C24H26N4O2/c1-29-19-10-6-17(7-11-19)22-16-28-24-21(22)5-3-4-14-27(24)23(26-28)15-25-18-8-12-20(30-2)13-9-18/h6-13,16,25H,3-5,14-15H2,1-2H3. The molecule has 2 aromatic heterocycles. The van der Waals surface area contributed by atoms with E-state index >= 15 is 0 Å². The molecule has 0 radical (unpaired) electrons. The van der Waals surface area contributed by atoms with E-state index in [0.29, 0.717) is 6.54 Å². The maximum Gasteiger partial charge on any atom is 0.150 e. The molecule has 1 aliphatic rings. The Morgan fingerprint density at radius 1 is 0.933 bits per heavy atom. The van der Waals surface area contributed by atoms with Crippen LogP contribution < -0.4 is 14.8 Å². The molecule has 4 aromatic rings. The maximum absolute atomic E-state index is 5.31. The second-order valence-electron chi connectivity index (χ2n) is 7.63. The van der Waals surface area contributed by atoms with Gasteiger partial charge in [-0.3, -0.25) is 0 Å². The molecule has 0 atom stereocenters. The molecule has 0 fully saturated rings. The fourth-order valence-corrected chi connectivity index (χ4v) is 4.28. The lowest BCUT2D eigenvalue weighted by Gasteiger charge is -2.09. The van der Waals surface area contributed by atoms with E-state index in [-0.39, 0.29) is 0 Å². The summed E-state index contributed by atoms with van der Waals surface area (Å²) in [6, 6.07) is 16.3. The highest BCUT2D eigenvalue weighted by Crippen LogP contribution is 2.33. The summed E-state index contributed by atoms with van der Waals surface area (Å²) < 4.78 is 15.0. The van der Waals surface area contributed by atoms with Gasteiger partial charge in [-0.25, -0.2) is 4.52 Å². The lowest BCUT2D eigenvalue weighted by atomic mass is 10.0. The summed E-state index contributed by atoms with van der Waals surface area (Å²) >= 11 is 0. The first-order valence-electron chi connectivity index (χ1n) is 10.4. The minimum Gasteiger partial charge on any atom is -0.497 e. The van der Waals surface area contributed by atoms with E-state index in [2.05, 4.69) is 32.7 Å². The van der Waals surface area contributed by atoms with Crippen LogP contribution in [0.25, 0.3) is 16.8 Å². The average Bonchev–Trinajstić information content (AvgIpc) is 3.21. The molecule has 0 spiro atoms. The normalized spacial score (nSPS) is 13.3. The van der Waals surface area contributed by atoms with E-state index in [1.165, 1.54) is 28.8 Å². The summed E-state index contributed by atoms with van der Waals surface area (Å²) in [5.41, 5.74) is 6.16. The van der Waals surface area contributed by atoms with Crippen LogP contribution in [0.2, 0.25) is 0 Å². The van der Waals surface area contributed by atoms with Crippen molar-refractivity contribution < 1.29 is 9.47 Å². The number of hydrogen-bond donors (Lipinski definition) is 1. The third kappa shape index (κ3) is 3.28. The molecular weight excluding hydrogens is 376 g/mol. The Hall–Kier alpha value is -3.41. The molecule has 0 bridgehead atoms. The monoisotopic (exact) mass is 402 g/mol. The zero-order valence-electron chi connectivity index (χ0n) is 17.4. The van der Waals surface area contributed by atoms with Crippen molar-refractivity contribution in [2.24, 2.45) is 0 Å². The highest BCUT2D eigenvalue weighted by Gasteiger charge is 2.22. The third-order valence-corrected chi connectivity index (χ3v) is 5.85. The van der Waals surface area contributed by atoms with Crippen LogP contribution in [0.3, 0.4) is 0 Å². The summed E-state index contributed by atoms with van der Waals surface area (Å²) in [5.74, 6) is 2.80. The third-order valence-electron chi connectivity index (χ3n) is 5.85. The van der Waals surface area contributed by atoms with Gasteiger partial charge < -0.3 is 19.4 Å². The van der Waals surface area contributed by atoms with Crippen LogP contribution in [0.5, 0.6) is 11.5 Å². The summed E-state index contributed by atoms with van der Waals surface area (Å²) in [7, 11) is 3.38. The minimum atomic E-state index is 0.686. The molecule has 5 rings (SSSR count). The number of benzene rings is 2. The SMILES string of the molecule is COc1ccc(NCc2nn3cc(-c4ccc(OC)cc4)c4c3n2CCCC4)cc1. The molecule has 3 heterocycles. The van der Waals surface area contributed by atoms with Gasteiger partial charge in [0.25, 0.3) is 0 Å². The van der Waals surface area contributed by atoms with E-state index in [1.54, 1.807) is 14.2 Å². The first-order chi connectivity index (χ1) is 14.8. The molecule has 6 nitrogen and oxygen atoms in total. The van der Waals surface area contributed by atoms with Gasteiger partial charge in [-0.1, -0.05) is 12.1 Å². The van der Waals surface area contributed by atoms with Crippen molar-refractivity contribution in [2.75, 3.05) is 19.5 Å². The molecule has 154 valence electrons. The first-order valence-corrected chi connectivity index (χ1v) is 10.4. The second kappa shape index (κ2) is 7.78. The van der Waals surface area contributed by atoms with E-state index in [0.717, 1.165) is 42.4 Å². The molecule has 0 saturated heterocycles. The Kier molecular flexibility index (Phi) is 4.83. The fourth-order valence-electron chi connectivity index (χ4n) is 4.28. The predicted molar refractivity (Wildman–Crippen MR) is 118 cm³/mol. The number of hydrogen-bond acceptors (Lipinski definition) is 4. The number of nitrogens with one attached hydrogen (secondary N) is 1. The lowest BCUT2D eigenvalue weighted by molar-refractivity contribution is 0.415. The fraction of sp³-hybridized carbons (Fsp3) is 0.292. The summed E-state index contributed by atoms with van der Waals surface area (Å²) in [6.07, 6.45) is 5.61. The van der Waals surface area contributed by atoms with E-state index in [1.807, 2.05) is 36.4 Å². The number of methoxy groups -OCH3 is 2. The number of aromatic nitrogens is 3. The minimum absolute atomic E-state index is 0.686. The topological polar surface area (TPSA) is 52.7 Å². The summed E-state index contributed by atoms with van der Waals surface area (Å²) in [6.45, 7) is 1.69. The van der Waals surface area contributed by atoms with E-state index in [9.17, 15) is 0 Å². The first kappa shape index (κ1) is 18.6. The zero-order chi connectivity index (χ0) is 20.5. The Morgan fingerprint density at radius 2 is 1.63 bits per heavy atom. The van der Waals surface area contributed by atoms with Crippen LogP contribution in [0.15, 0.2) is 54.7 Å². The molecule has 0 unspecified atom stereocenters. The van der Waals surface area contributed by atoms with Crippen molar-refractivity contribution in [3.63, 3.8) is 0 Å². The second-order valence-corrected chi connectivity index (χ2v) is 7.63. The van der Waals surface area contributed by atoms with Gasteiger partial charge in [0, 0.05) is 29.6 Å². The molecule has 0 amide bonds. The Bertz CT molecular complexity index is 1160. The molecule has 0 saturated carbocycles. The quantitative estimate of drug-likeness (QED) is 0.505. The van der Waals surface area contributed by atoms with Crippen molar-refractivity contribution in [3.05, 3.63) is 66.1 Å². The molecular formula is C24H26N4O2. The predicted octanol–water partition coefficient (Wildman–Crippen LogP) is 4.77. The highest BCUT2D eigenvalue weighted by molar-refractivity contribution is 5.75. The number of rotatable bonds is 6. The van der Waals surface area contributed by atoms with E-state index < -0.39 is 0 Å². The number of aryl methyl sites for hydroxylation is 2. The molecule has 6 heteroatoms. The van der Waals surface area contributed by atoms with Gasteiger partial charge in [0.1, 0.15) is 17.1 Å². The Labute approximate surface area is 176 Å². The van der Waals surface area contributed by atoms with Crippen LogP contribution >= 0.6 is 0 Å². The van der Waals surface area contributed by atoms with Gasteiger partial charge in [0.2, 0.25) is 0 Å². The molecule has 0 aliphatic carbocycles. The Balaban J connectivity index is 1.47. The van der Waals surface area contributed by atoms with Crippen molar-refractivity contribution in [1.29, 1.82) is 0 Å². The summed E-state index contributed by atoms with van der Waals surface area (Å²) in [5, 5.41) is 8.42. The number of anilines is 1. The zero-order valence-corrected chi connectivity index (χ0v) is 17.4. The van der Waals surface area contributed by atoms with E-state index in [4.69, 9.17) is 14.6 Å². The number of ether oxygens (including phenoxy) is 2. The largest absolute Gasteiger partial charge is 0.497 e. The van der Waals surface area contributed by atoms with Crippen LogP contribution in [-0.4, -0.2) is 28.4 Å². The van der Waals surface area contributed by atoms with Gasteiger partial charge in [0.15, 0.2) is 5.82 Å². The van der Waals surface area contributed by atoms with Crippen LogP contribution in [-0.2, 0) is 19.5 Å².